The molecule has 6 nitrogen and oxygen atoms in total. The van der Waals surface area contributed by atoms with Crippen molar-refractivity contribution in [2.24, 2.45) is 0 Å². The molecule has 6 heteroatoms. The molecule has 0 saturated heterocycles. The summed E-state index contributed by atoms with van der Waals surface area (Å²) in [7, 11) is 0. The van der Waals surface area contributed by atoms with Gasteiger partial charge in [0.15, 0.2) is 0 Å². The Labute approximate surface area is 150 Å². The summed E-state index contributed by atoms with van der Waals surface area (Å²) < 4.78 is 0. The van der Waals surface area contributed by atoms with Gasteiger partial charge in [0.25, 0.3) is 11.8 Å². The Bertz CT molecular complexity index is 969. The molecule has 0 unspecified atom stereocenters. The maximum atomic E-state index is 12.5. The van der Waals surface area contributed by atoms with Crippen molar-refractivity contribution in [3.05, 3.63) is 83.9 Å². The van der Waals surface area contributed by atoms with Crippen LogP contribution in [0.5, 0.6) is 0 Å². The molecule has 3 rings (SSSR count). The highest BCUT2D eigenvalue weighted by molar-refractivity contribution is 6.11. The average molecular weight is 346 g/mol. The molecule has 3 aromatic rings. The highest BCUT2D eigenvalue weighted by Crippen LogP contribution is 2.23. The van der Waals surface area contributed by atoms with E-state index in [-0.39, 0.29) is 11.8 Å². The number of para-hydroxylation sites is 3. The molecule has 0 aliphatic rings. The van der Waals surface area contributed by atoms with Crippen molar-refractivity contribution >= 4 is 34.6 Å². The topological polar surface area (TPSA) is 110 Å². The molecule has 0 atom stereocenters. The average Bonchev–Trinajstić information content (AvgIpc) is 2.63. The third-order valence-electron chi connectivity index (χ3n) is 3.78. The van der Waals surface area contributed by atoms with Gasteiger partial charge in [0, 0.05) is 16.9 Å². The third-order valence-corrected chi connectivity index (χ3v) is 3.78. The van der Waals surface area contributed by atoms with Crippen molar-refractivity contribution in [1.82, 2.24) is 0 Å². The molecule has 0 aliphatic heterocycles. The first-order valence-corrected chi connectivity index (χ1v) is 7.96. The molecule has 0 radical (unpaired) electrons. The number of amides is 2. The van der Waals surface area contributed by atoms with Gasteiger partial charge in [0.05, 0.1) is 16.9 Å². The Hall–Kier alpha value is -3.80. The van der Waals surface area contributed by atoms with Gasteiger partial charge in [0.2, 0.25) is 0 Å². The van der Waals surface area contributed by atoms with Crippen LogP contribution in [0.3, 0.4) is 0 Å². The summed E-state index contributed by atoms with van der Waals surface area (Å²) in [6.07, 6.45) is 0. The summed E-state index contributed by atoms with van der Waals surface area (Å²) in [6.45, 7) is 0. The summed E-state index contributed by atoms with van der Waals surface area (Å²) in [5.41, 5.74) is 14.2. The second-order valence-corrected chi connectivity index (χ2v) is 5.67. The summed E-state index contributed by atoms with van der Waals surface area (Å²) >= 11 is 0. The van der Waals surface area contributed by atoms with Crippen molar-refractivity contribution in [3.8, 4) is 0 Å². The summed E-state index contributed by atoms with van der Waals surface area (Å²) in [4.78, 5) is 24.9. The van der Waals surface area contributed by atoms with E-state index in [4.69, 9.17) is 11.5 Å². The Morgan fingerprint density at radius 3 is 1.96 bits per heavy atom. The van der Waals surface area contributed by atoms with Crippen LogP contribution in [0.2, 0.25) is 0 Å². The number of nitrogen functional groups attached to an aromatic ring is 2. The van der Waals surface area contributed by atoms with E-state index in [1.807, 2.05) is 0 Å². The Morgan fingerprint density at radius 2 is 1.31 bits per heavy atom. The van der Waals surface area contributed by atoms with E-state index in [9.17, 15) is 9.59 Å². The zero-order chi connectivity index (χ0) is 18.5. The van der Waals surface area contributed by atoms with E-state index < -0.39 is 0 Å². The molecule has 6 N–H and O–H groups in total. The quantitative estimate of drug-likeness (QED) is 0.543. The maximum absolute atomic E-state index is 12.5. The first-order valence-electron chi connectivity index (χ1n) is 7.96. The Kier molecular flexibility index (Phi) is 4.85. The largest absolute Gasteiger partial charge is 0.399 e. The first-order chi connectivity index (χ1) is 12.5. The number of rotatable bonds is 4. The van der Waals surface area contributed by atoms with E-state index in [0.29, 0.717) is 33.9 Å². The van der Waals surface area contributed by atoms with E-state index in [1.54, 1.807) is 72.8 Å². The second-order valence-electron chi connectivity index (χ2n) is 5.67. The van der Waals surface area contributed by atoms with Gasteiger partial charge in [-0.05, 0) is 42.5 Å². The molecule has 2 amide bonds. The van der Waals surface area contributed by atoms with Crippen LogP contribution in [0.4, 0.5) is 22.7 Å². The van der Waals surface area contributed by atoms with Crippen LogP contribution in [0.15, 0.2) is 72.8 Å². The van der Waals surface area contributed by atoms with Crippen LogP contribution in [0.1, 0.15) is 20.7 Å². The standard InChI is InChI=1S/C20H18N4O2/c21-14-7-5-6-13(12-14)19(25)23-17-10-3-4-11-18(17)24-20(26)15-8-1-2-9-16(15)22/h1-12H,21-22H2,(H,23,25)(H,24,26). The van der Waals surface area contributed by atoms with Gasteiger partial charge in [-0.3, -0.25) is 9.59 Å². The summed E-state index contributed by atoms with van der Waals surface area (Å²) in [6, 6.07) is 20.4. The van der Waals surface area contributed by atoms with Crippen LogP contribution in [0.25, 0.3) is 0 Å². The molecule has 0 bridgehead atoms. The lowest BCUT2D eigenvalue weighted by Gasteiger charge is -2.13. The number of anilines is 4. The van der Waals surface area contributed by atoms with Gasteiger partial charge in [-0.1, -0.05) is 30.3 Å². The minimum Gasteiger partial charge on any atom is -0.399 e. The molecule has 0 aliphatic carbocycles. The second kappa shape index (κ2) is 7.40. The van der Waals surface area contributed by atoms with Gasteiger partial charge in [-0.25, -0.2) is 0 Å². The molecule has 130 valence electrons. The van der Waals surface area contributed by atoms with Crippen molar-refractivity contribution < 1.29 is 9.59 Å². The minimum absolute atomic E-state index is 0.321. The minimum atomic E-state index is -0.353. The predicted octanol–water partition coefficient (Wildman–Crippen LogP) is 3.36. The third kappa shape index (κ3) is 3.81. The van der Waals surface area contributed by atoms with Crippen molar-refractivity contribution in [2.75, 3.05) is 22.1 Å². The number of hydrogen-bond donors (Lipinski definition) is 4. The monoisotopic (exact) mass is 346 g/mol. The van der Waals surface area contributed by atoms with Gasteiger partial charge in [-0.15, -0.1) is 0 Å². The van der Waals surface area contributed by atoms with Crippen LogP contribution in [0, 0.1) is 0 Å². The summed E-state index contributed by atoms with van der Waals surface area (Å²) in [5, 5.41) is 5.56. The number of hydrogen-bond acceptors (Lipinski definition) is 4. The lowest BCUT2D eigenvalue weighted by Crippen LogP contribution is -2.17. The van der Waals surface area contributed by atoms with E-state index in [1.165, 1.54) is 0 Å². The van der Waals surface area contributed by atoms with Crippen LogP contribution in [-0.4, -0.2) is 11.8 Å². The molecular weight excluding hydrogens is 328 g/mol. The lowest BCUT2D eigenvalue weighted by molar-refractivity contribution is 0.101. The van der Waals surface area contributed by atoms with Crippen molar-refractivity contribution in [2.45, 2.75) is 0 Å². The molecule has 0 spiro atoms. The number of carbonyl (C=O) groups is 2. The smallest absolute Gasteiger partial charge is 0.257 e. The fourth-order valence-electron chi connectivity index (χ4n) is 2.47. The van der Waals surface area contributed by atoms with E-state index >= 15 is 0 Å². The highest BCUT2D eigenvalue weighted by atomic mass is 16.2. The molecule has 0 fully saturated rings. The van der Waals surface area contributed by atoms with Crippen molar-refractivity contribution in [3.63, 3.8) is 0 Å². The fraction of sp³-hybridized carbons (Fsp3) is 0. The Balaban J connectivity index is 1.81. The molecule has 0 saturated carbocycles. The highest BCUT2D eigenvalue weighted by Gasteiger charge is 2.13. The Morgan fingerprint density at radius 1 is 0.692 bits per heavy atom. The normalized spacial score (nSPS) is 10.2. The molecule has 3 aromatic carbocycles. The molecule has 0 aromatic heterocycles. The van der Waals surface area contributed by atoms with Gasteiger partial charge < -0.3 is 22.1 Å². The zero-order valence-electron chi connectivity index (χ0n) is 13.9. The number of nitrogens with one attached hydrogen (secondary N) is 2. The molecular formula is C20H18N4O2. The van der Waals surface area contributed by atoms with Crippen molar-refractivity contribution in [1.29, 1.82) is 0 Å². The van der Waals surface area contributed by atoms with E-state index in [0.717, 1.165) is 0 Å². The number of carbonyl (C=O) groups excluding carboxylic acids is 2. The number of benzene rings is 3. The van der Waals surface area contributed by atoms with Gasteiger partial charge >= 0.3 is 0 Å². The van der Waals surface area contributed by atoms with E-state index in [2.05, 4.69) is 10.6 Å². The number of nitrogens with two attached hydrogens (primary N) is 2. The SMILES string of the molecule is Nc1cccc(C(=O)Nc2ccccc2NC(=O)c2ccccc2N)c1. The first kappa shape index (κ1) is 17.0. The molecule has 26 heavy (non-hydrogen) atoms. The predicted molar refractivity (Wildman–Crippen MR) is 104 cm³/mol. The zero-order valence-corrected chi connectivity index (χ0v) is 13.9. The lowest BCUT2D eigenvalue weighted by atomic mass is 10.1. The van der Waals surface area contributed by atoms with Gasteiger partial charge in [-0.2, -0.15) is 0 Å². The summed E-state index contributed by atoms with van der Waals surface area (Å²) in [5.74, 6) is -0.674. The van der Waals surface area contributed by atoms with Gasteiger partial charge in [0.1, 0.15) is 0 Å². The maximum Gasteiger partial charge on any atom is 0.257 e. The fourth-order valence-corrected chi connectivity index (χ4v) is 2.47. The molecule has 0 heterocycles. The van der Waals surface area contributed by atoms with Crippen LogP contribution < -0.4 is 22.1 Å². The van der Waals surface area contributed by atoms with Crippen LogP contribution in [-0.2, 0) is 0 Å². The van der Waals surface area contributed by atoms with Crippen LogP contribution >= 0.6 is 0 Å².